The summed E-state index contributed by atoms with van der Waals surface area (Å²) in [6.45, 7) is 0. The van der Waals surface area contributed by atoms with Gasteiger partial charge in [0.15, 0.2) is 0 Å². The van der Waals surface area contributed by atoms with Crippen molar-refractivity contribution in [2.45, 2.75) is 5.88 Å². The molecular weight excluding hydrogens is 312 g/mol. The molecule has 0 spiro atoms. The third-order valence-electron chi connectivity index (χ3n) is 3.10. The predicted octanol–water partition coefficient (Wildman–Crippen LogP) is 4.43. The average molecular weight is 320 g/mol. The van der Waals surface area contributed by atoms with Gasteiger partial charge >= 0.3 is 0 Å². The number of nitriles is 1. The highest BCUT2D eigenvalue weighted by atomic mass is 35.5. The van der Waals surface area contributed by atoms with Gasteiger partial charge in [0.2, 0.25) is 0 Å². The molecule has 2 aromatic carbocycles. The van der Waals surface area contributed by atoms with E-state index in [0.29, 0.717) is 28.1 Å². The number of alkyl halides is 1. The molecule has 3 aromatic rings. The Labute approximate surface area is 130 Å². The maximum atomic E-state index is 13.6. The fourth-order valence-corrected chi connectivity index (χ4v) is 2.68. The van der Waals surface area contributed by atoms with Crippen LogP contribution in [0.5, 0.6) is 0 Å². The minimum atomic E-state index is -0.448. The summed E-state index contributed by atoms with van der Waals surface area (Å²) in [5.74, 6) is 0.209. The normalized spacial score (nSPS) is 10.8. The molecule has 0 unspecified atom stereocenters. The van der Waals surface area contributed by atoms with Crippen molar-refractivity contribution in [2.75, 3.05) is 0 Å². The zero-order chi connectivity index (χ0) is 15.0. The molecule has 0 bridgehead atoms. The third kappa shape index (κ3) is 2.35. The van der Waals surface area contributed by atoms with Crippen LogP contribution in [-0.2, 0) is 5.88 Å². The molecule has 0 aliphatic heterocycles. The number of aromatic nitrogens is 2. The van der Waals surface area contributed by atoms with Crippen LogP contribution in [0.4, 0.5) is 4.39 Å². The van der Waals surface area contributed by atoms with Crippen molar-refractivity contribution in [2.24, 2.45) is 0 Å². The number of imidazole rings is 1. The van der Waals surface area contributed by atoms with E-state index in [-0.39, 0.29) is 10.9 Å². The van der Waals surface area contributed by atoms with Gasteiger partial charge in [-0.15, -0.1) is 11.6 Å². The number of halogens is 3. The first kappa shape index (κ1) is 13.9. The number of hydrogen-bond donors (Lipinski definition) is 0. The van der Waals surface area contributed by atoms with Gasteiger partial charge in [0.05, 0.1) is 22.6 Å². The largest absolute Gasteiger partial charge is 0.295 e. The van der Waals surface area contributed by atoms with Crippen LogP contribution in [0.1, 0.15) is 11.4 Å². The molecular formula is C15H8Cl2FN3. The van der Waals surface area contributed by atoms with Gasteiger partial charge < -0.3 is 0 Å². The summed E-state index contributed by atoms with van der Waals surface area (Å²) < 4.78 is 15.3. The summed E-state index contributed by atoms with van der Waals surface area (Å²) in [5, 5.41) is 9.44. The van der Waals surface area contributed by atoms with Crippen molar-refractivity contribution in [3.63, 3.8) is 0 Å². The standard InChI is InChI=1S/C15H8Cl2FN3/c16-7-14-20-15-9(8-19)2-1-3-13(15)21(14)12-5-10(17)4-11(18)6-12/h1-6H,7H2. The molecule has 0 radical (unpaired) electrons. The van der Waals surface area contributed by atoms with Crippen molar-refractivity contribution in [3.05, 3.63) is 58.6 Å². The van der Waals surface area contributed by atoms with Crippen LogP contribution >= 0.6 is 23.2 Å². The molecule has 6 heteroatoms. The van der Waals surface area contributed by atoms with Crippen LogP contribution in [0.25, 0.3) is 16.7 Å². The first-order chi connectivity index (χ1) is 10.1. The molecule has 3 rings (SSSR count). The number of fused-ring (bicyclic) bond motifs is 1. The van der Waals surface area contributed by atoms with Gasteiger partial charge in [-0.25, -0.2) is 9.37 Å². The lowest BCUT2D eigenvalue weighted by molar-refractivity contribution is 0.626. The highest BCUT2D eigenvalue weighted by Gasteiger charge is 2.15. The Morgan fingerprint density at radius 3 is 2.76 bits per heavy atom. The Kier molecular flexibility index (Phi) is 3.54. The quantitative estimate of drug-likeness (QED) is 0.656. The Bertz CT molecular complexity index is 860. The monoisotopic (exact) mass is 319 g/mol. The smallest absolute Gasteiger partial charge is 0.129 e. The highest BCUT2D eigenvalue weighted by Crippen LogP contribution is 2.27. The fraction of sp³-hybridized carbons (Fsp3) is 0.0667. The van der Waals surface area contributed by atoms with Crippen LogP contribution in [-0.4, -0.2) is 9.55 Å². The second-order valence-corrected chi connectivity index (χ2v) is 5.11. The van der Waals surface area contributed by atoms with Crippen molar-refractivity contribution in [1.82, 2.24) is 9.55 Å². The minimum Gasteiger partial charge on any atom is -0.295 e. The van der Waals surface area contributed by atoms with Gasteiger partial charge in [0.25, 0.3) is 0 Å². The zero-order valence-electron chi connectivity index (χ0n) is 10.6. The summed E-state index contributed by atoms with van der Waals surface area (Å²) in [5.41, 5.74) is 2.19. The Morgan fingerprint density at radius 2 is 2.10 bits per heavy atom. The second kappa shape index (κ2) is 5.36. The molecule has 21 heavy (non-hydrogen) atoms. The van der Waals surface area contributed by atoms with E-state index >= 15 is 0 Å². The zero-order valence-corrected chi connectivity index (χ0v) is 12.2. The molecule has 0 saturated heterocycles. The molecule has 0 N–H and O–H groups in total. The van der Waals surface area contributed by atoms with Gasteiger partial charge in [-0.3, -0.25) is 4.57 Å². The Balaban J connectivity index is 2.38. The minimum absolute atomic E-state index is 0.133. The van der Waals surface area contributed by atoms with E-state index in [1.807, 2.05) is 0 Å². The van der Waals surface area contributed by atoms with E-state index in [0.717, 1.165) is 0 Å². The van der Waals surface area contributed by atoms with Gasteiger partial charge in [-0.05, 0) is 30.3 Å². The van der Waals surface area contributed by atoms with E-state index in [1.165, 1.54) is 12.1 Å². The van der Waals surface area contributed by atoms with E-state index in [9.17, 15) is 4.39 Å². The highest BCUT2D eigenvalue weighted by molar-refractivity contribution is 6.30. The van der Waals surface area contributed by atoms with Crippen LogP contribution in [0.2, 0.25) is 5.02 Å². The topological polar surface area (TPSA) is 41.6 Å². The molecule has 0 aliphatic rings. The van der Waals surface area contributed by atoms with Crippen molar-refractivity contribution >= 4 is 34.2 Å². The molecule has 1 aromatic heterocycles. The van der Waals surface area contributed by atoms with E-state index in [4.69, 9.17) is 28.5 Å². The van der Waals surface area contributed by atoms with Crippen molar-refractivity contribution < 1.29 is 4.39 Å². The van der Waals surface area contributed by atoms with Crippen molar-refractivity contribution in [1.29, 1.82) is 5.26 Å². The molecule has 104 valence electrons. The van der Waals surface area contributed by atoms with Gasteiger partial charge in [-0.2, -0.15) is 5.26 Å². The number of benzene rings is 2. The van der Waals surface area contributed by atoms with Crippen LogP contribution < -0.4 is 0 Å². The lowest BCUT2D eigenvalue weighted by Gasteiger charge is -2.08. The summed E-state index contributed by atoms with van der Waals surface area (Å²) in [6, 6.07) is 11.5. The summed E-state index contributed by atoms with van der Waals surface area (Å²) in [6.07, 6.45) is 0. The first-order valence-electron chi connectivity index (χ1n) is 6.07. The molecule has 0 amide bonds. The van der Waals surface area contributed by atoms with Gasteiger partial charge in [0.1, 0.15) is 23.2 Å². The maximum Gasteiger partial charge on any atom is 0.129 e. The summed E-state index contributed by atoms with van der Waals surface area (Å²) >= 11 is 11.8. The molecule has 0 atom stereocenters. The van der Waals surface area contributed by atoms with Gasteiger partial charge in [-0.1, -0.05) is 17.7 Å². The SMILES string of the molecule is N#Cc1cccc2c1nc(CCl)n2-c1cc(F)cc(Cl)c1. The number of nitrogens with zero attached hydrogens (tertiary/aromatic N) is 3. The van der Waals surface area contributed by atoms with Crippen LogP contribution in [0.3, 0.4) is 0 Å². The molecule has 0 aliphatic carbocycles. The van der Waals surface area contributed by atoms with Crippen LogP contribution in [0, 0.1) is 17.1 Å². The maximum absolute atomic E-state index is 13.6. The number of hydrogen-bond acceptors (Lipinski definition) is 2. The number of rotatable bonds is 2. The first-order valence-corrected chi connectivity index (χ1v) is 6.98. The molecule has 0 fully saturated rings. The summed E-state index contributed by atoms with van der Waals surface area (Å²) in [7, 11) is 0. The van der Waals surface area contributed by atoms with E-state index < -0.39 is 5.82 Å². The molecule has 3 nitrogen and oxygen atoms in total. The van der Waals surface area contributed by atoms with E-state index in [1.54, 1.807) is 28.8 Å². The fourth-order valence-electron chi connectivity index (χ4n) is 2.28. The Morgan fingerprint density at radius 1 is 1.29 bits per heavy atom. The number of para-hydroxylation sites is 1. The lowest BCUT2D eigenvalue weighted by atomic mass is 10.2. The predicted molar refractivity (Wildman–Crippen MR) is 80.3 cm³/mol. The summed E-state index contributed by atoms with van der Waals surface area (Å²) in [4.78, 5) is 4.38. The molecule has 1 heterocycles. The van der Waals surface area contributed by atoms with Crippen LogP contribution in [0.15, 0.2) is 36.4 Å². The van der Waals surface area contributed by atoms with Gasteiger partial charge in [0, 0.05) is 5.02 Å². The average Bonchev–Trinajstić information content (AvgIpc) is 2.84. The molecule has 0 saturated carbocycles. The third-order valence-corrected chi connectivity index (χ3v) is 3.56. The van der Waals surface area contributed by atoms with E-state index in [2.05, 4.69) is 11.1 Å². The second-order valence-electron chi connectivity index (χ2n) is 4.41. The Hall–Kier alpha value is -2.09. The van der Waals surface area contributed by atoms with Crippen molar-refractivity contribution in [3.8, 4) is 11.8 Å². The lowest BCUT2D eigenvalue weighted by Crippen LogP contribution is -2.00.